The molecular formula is C12H17NO4S. The van der Waals surface area contributed by atoms with Gasteiger partial charge in [0, 0.05) is 18.4 Å². The van der Waals surface area contributed by atoms with Crippen molar-refractivity contribution in [2.75, 3.05) is 19.5 Å². The number of thioether (sulfide) groups is 1. The Kier molecular flexibility index (Phi) is 5.94. The summed E-state index contributed by atoms with van der Waals surface area (Å²) in [6.45, 7) is 2.12. The van der Waals surface area contributed by atoms with Crippen LogP contribution in [0.4, 0.5) is 5.69 Å². The van der Waals surface area contributed by atoms with E-state index in [1.54, 1.807) is 17.8 Å². The lowest BCUT2D eigenvalue weighted by atomic mass is 10.2. The molecular weight excluding hydrogens is 254 g/mol. The maximum absolute atomic E-state index is 10.8. The average Bonchev–Trinajstić information content (AvgIpc) is 2.38. The highest BCUT2D eigenvalue weighted by molar-refractivity contribution is 7.98. The van der Waals surface area contributed by atoms with Crippen LogP contribution in [0.1, 0.15) is 12.5 Å². The van der Waals surface area contributed by atoms with Gasteiger partial charge in [0.1, 0.15) is 0 Å². The first-order valence-electron chi connectivity index (χ1n) is 5.58. The molecule has 0 radical (unpaired) electrons. The number of nitro benzene ring substituents is 1. The van der Waals surface area contributed by atoms with Crippen LogP contribution in [0.25, 0.3) is 0 Å². The van der Waals surface area contributed by atoms with Gasteiger partial charge >= 0.3 is 5.69 Å². The number of aliphatic hydroxyl groups excluding tert-OH is 1. The fourth-order valence-electron chi connectivity index (χ4n) is 1.40. The molecule has 1 unspecified atom stereocenters. The zero-order valence-electron chi connectivity index (χ0n) is 10.5. The van der Waals surface area contributed by atoms with Crippen molar-refractivity contribution in [2.45, 2.75) is 12.7 Å². The molecule has 0 spiro atoms. The minimum absolute atomic E-state index is 0.00851. The van der Waals surface area contributed by atoms with Crippen LogP contribution in [0.5, 0.6) is 5.75 Å². The van der Waals surface area contributed by atoms with Gasteiger partial charge in [-0.2, -0.15) is 11.8 Å². The summed E-state index contributed by atoms with van der Waals surface area (Å²) in [5.41, 5.74) is 0.878. The first kappa shape index (κ1) is 14.8. The summed E-state index contributed by atoms with van der Waals surface area (Å²) in [6.07, 6.45) is 0. The summed E-state index contributed by atoms with van der Waals surface area (Å²) in [4.78, 5) is 10.4. The maximum atomic E-state index is 10.8. The Balaban J connectivity index is 2.67. The zero-order valence-corrected chi connectivity index (χ0v) is 11.3. The van der Waals surface area contributed by atoms with Gasteiger partial charge in [-0.3, -0.25) is 10.1 Å². The number of ether oxygens (including phenoxy) is 1. The van der Waals surface area contributed by atoms with Gasteiger partial charge in [0.15, 0.2) is 5.75 Å². The molecule has 18 heavy (non-hydrogen) atoms. The third-order valence-electron chi connectivity index (χ3n) is 2.42. The number of methoxy groups -OCH3 is 1. The van der Waals surface area contributed by atoms with E-state index < -0.39 is 4.92 Å². The highest BCUT2D eigenvalue weighted by Crippen LogP contribution is 2.29. The van der Waals surface area contributed by atoms with Gasteiger partial charge in [0.2, 0.25) is 0 Å². The average molecular weight is 271 g/mol. The van der Waals surface area contributed by atoms with E-state index in [0.29, 0.717) is 5.75 Å². The van der Waals surface area contributed by atoms with Crippen molar-refractivity contribution >= 4 is 17.4 Å². The zero-order chi connectivity index (χ0) is 13.5. The molecule has 100 valence electrons. The van der Waals surface area contributed by atoms with Crippen LogP contribution in [0.15, 0.2) is 18.2 Å². The molecule has 0 aliphatic heterocycles. The Morgan fingerprint density at radius 1 is 1.56 bits per heavy atom. The molecule has 0 heterocycles. The Bertz CT molecular complexity index is 411. The molecule has 0 fully saturated rings. The van der Waals surface area contributed by atoms with Crippen LogP contribution in [-0.4, -0.2) is 29.5 Å². The predicted octanol–water partition coefficient (Wildman–Crippen LogP) is 2.47. The van der Waals surface area contributed by atoms with E-state index in [4.69, 9.17) is 9.84 Å². The third kappa shape index (κ3) is 4.19. The molecule has 0 aliphatic rings. The highest BCUT2D eigenvalue weighted by Gasteiger charge is 2.15. The fraction of sp³-hybridized carbons (Fsp3) is 0.500. The fourth-order valence-corrected chi connectivity index (χ4v) is 2.44. The lowest BCUT2D eigenvalue weighted by Gasteiger charge is -2.08. The van der Waals surface area contributed by atoms with Crippen LogP contribution in [0.2, 0.25) is 0 Å². The van der Waals surface area contributed by atoms with Gasteiger partial charge < -0.3 is 9.84 Å². The molecule has 1 aromatic rings. The van der Waals surface area contributed by atoms with Gasteiger partial charge in [-0.15, -0.1) is 0 Å². The summed E-state index contributed by atoms with van der Waals surface area (Å²) in [6, 6.07) is 4.97. The second-order valence-corrected chi connectivity index (χ2v) is 5.10. The van der Waals surface area contributed by atoms with Crippen LogP contribution in [0, 0.1) is 16.0 Å². The van der Waals surface area contributed by atoms with Crippen molar-refractivity contribution < 1.29 is 14.8 Å². The quantitative estimate of drug-likeness (QED) is 0.609. The van der Waals surface area contributed by atoms with E-state index in [2.05, 4.69) is 0 Å². The summed E-state index contributed by atoms with van der Waals surface area (Å²) >= 11 is 1.65. The maximum Gasteiger partial charge on any atom is 0.311 e. The van der Waals surface area contributed by atoms with Gasteiger partial charge in [-0.05, 0) is 23.3 Å². The molecule has 0 amide bonds. The van der Waals surface area contributed by atoms with E-state index in [0.717, 1.165) is 11.3 Å². The van der Waals surface area contributed by atoms with E-state index in [-0.39, 0.29) is 24.0 Å². The molecule has 0 saturated carbocycles. The van der Waals surface area contributed by atoms with Crippen LogP contribution < -0.4 is 4.74 Å². The minimum Gasteiger partial charge on any atom is -0.490 e. The number of nitro groups is 1. The van der Waals surface area contributed by atoms with Crippen LogP contribution >= 0.6 is 11.8 Å². The normalized spacial score (nSPS) is 12.2. The van der Waals surface area contributed by atoms with E-state index in [1.165, 1.54) is 13.2 Å². The molecule has 1 rings (SSSR count). The Morgan fingerprint density at radius 2 is 2.28 bits per heavy atom. The Hall–Kier alpha value is -1.27. The molecule has 5 nitrogen and oxygen atoms in total. The van der Waals surface area contributed by atoms with Crippen molar-refractivity contribution in [3.8, 4) is 5.75 Å². The van der Waals surface area contributed by atoms with Gasteiger partial charge in [-0.25, -0.2) is 0 Å². The highest BCUT2D eigenvalue weighted by atomic mass is 32.2. The van der Waals surface area contributed by atoms with Crippen molar-refractivity contribution in [3.63, 3.8) is 0 Å². The number of nitrogens with zero attached hydrogens (tertiary/aromatic N) is 1. The number of aliphatic hydroxyl groups is 1. The van der Waals surface area contributed by atoms with Crippen molar-refractivity contribution in [3.05, 3.63) is 33.9 Å². The Morgan fingerprint density at radius 3 is 2.83 bits per heavy atom. The molecule has 0 bridgehead atoms. The summed E-state index contributed by atoms with van der Waals surface area (Å²) in [5.74, 6) is 2.03. The van der Waals surface area contributed by atoms with Crippen molar-refractivity contribution in [1.82, 2.24) is 0 Å². The predicted molar refractivity (Wildman–Crippen MR) is 72.1 cm³/mol. The molecule has 6 heteroatoms. The van der Waals surface area contributed by atoms with Crippen LogP contribution in [0.3, 0.4) is 0 Å². The van der Waals surface area contributed by atoms with Crippen LogP contribution in [-0.2, 0) is 5.75 Å². The first-order chi connectivity index (χ1) is 8.58. The number of hydrogen-bond donors (Lipinski definition) is 1. The van der Waals surface area contributed by atoms with E-state index >= 15 is 0 Å². The lowest BCUT2D eigenvalue weighted by molar-refractivity contribution is -0.385. The molecule has 1 atom stereocenters. The largest absolute Gasteiger partial charge is 0.490 e. The van der Waals surface area contributed by atoms with E-state index in [1.807, 2.05) is 13.0 Å². The summed E-state index contributed by atoms with van der Waals surface area (Å²) in [5, 5.41) is 19.7. The number of rotatable bonds is 7. The molecule has 0 aliphatic carbocycles. The minimum atomic E-state index is -0.441. The van der Waals surface area contributed by atoms with Gasteiger partial charge in [-0.1, -0.05) is 13.0 Å². The van der Waals surface area contributed by atoms with Gasteiger partial charge in [0.05, 0.1) is 12.0 Å². The lowest BCUT2D eigenvalue weighted by Crippen LogP contribution is -2.03. The van der Waals surface area contributed by atoms with E-state index in [9.17, 15) is 10.1 Å². The third-order valence-corrected chi connectivity index (χ3v) is 3.76. The number of hydrogen-bond acceptors (Lipinski definition) is 5. The molecule has 0 aromatic heterocycles. The molecule has 0 saturated heterocycles. The summed E-state index contributed by atoms with van der Waals surface area (Å²) < 4.78 is 4.94. The molecule has 1 aromatic carbocycles. The van der Waals surface area contributed by atoms with Crippen molar-refractivity contribution in [1.29, 1.82) is 0 Å². The summed E-state index contributed by atoms with van der Waals surface area (Å²) in [7, 11) is 1.42. The standard InChI is InChI=1S/C12H17NO4S/c1-9(6-14)7-18-8-10-3-4-12(17-2)11(5-10)13(15)16/h3-5,9,14H,6-8H2,1-2H3. The SMILES string of the molecule is COc1ccc(CSCC(C)CO)cc1[N+](=O)[O-]. The smallest absolute Gasteiger partial charge is 0.311 e. The first-order valence-corrected chi connectivity index (χ1v) is 6.73. The number of benzene rings is 1. The Labute approximate surface area is 110 Å². The second-order valence-electron chi connectivity index (χ2n) is 4.07. The monoisotopic (exact) mass is 271 g/mol. The topological polar surface area (TPSA) is 72.6 Å². The van der Waals surface area contributed by atoms with Gasteiger partial charge in [0.25, 0.3) is 0 Å². The second kappa shape index (κ2) is 7.23. The molecule has 1 N–H and O–H groups in total. The van der Waals surface area contributed by atoms with Crippen molar-refractivity contribution in [2.24, 2.45) is 5.92 Å².